The molecule has 0 atom stereocenters. The third-order valence-electron chi connectivity index (χ3n) is 8.43. The van der Waals surface area contributed by atoms with E-state index < -0.39 is 10.1 Å². The van der Waals surface area contributed by atoms with Crippen LogP contribution in [-0.4, -0.2) is 19.6 Å². The van der Waals surface area contributed by atoms with E-state index in [2.05, 4.69) is 42.3 Å². The first-order chi connectivity index (χ1) is 22.4. The van der Waals surface area contributed by atoms with Crippen LogP contribution in [0.15, 0.2) is 69.7 Å². The van der Waals surface area contributed by atoms with E-state index in [1.807, 2.05) is 12.1 Å². The Labute approximate surface area is 281 Å². The van der Waals surface area contributed by atoms with Crippen molar-refractivity contribution in [1.82, 2.24) is 0 Å². The molecule has 0 heterocycles. The molecule has 0 amide bonds. The molecule has 0 bridgehead atoms. The third kappa shape index (κ3) is 19.2. The van der Waals surface area contributed by atoms with Gasteiger partial charge in [0, 0.05) is 0 Å². The zero-order chi connectivity index (χ0) is 33.1. The Balaban J connectivity index is 1.82. The van der Waals surface area contributed by atoms with Gasteiger partial charge in [0.2, 0.25) is 0 Å². The lowest BCUT2D eigenvalue weighted by molar-refractivity contribution is 0.304. The van der Waals surface area contributed by atoms with Gasteiger partial charge in [0.15, 0.2) is 0 Å². The zero-order valence-corrected chi connectivity index (χ0v) is 29.8. The number of nitrogens with zero attached hydrogens (tertiary/aromatic N) is 2. The lowest BCUT2D eigenvalue weighted by Crippen LogP contribution is -1.98. The number of hydrogen-bond acceptors (Lipinski definition) is 5. The van der Waals surface area contributed by atoms with Crippen molar-refractivity contribution in [2.24, 2.45) is 10.2 Å². The standard InChI is InChI=1S/C39H62N2O4S/c1-3-5-7-9-11-13-15-16-17-18-20-22-24-26-35-34-37(45-33-25-23-21-19-14-12-10-8-6-4-2)29-32-39(35)41-40-36-27-30-38(31-28-36)46(42,43)44/h13,15,27-32,34H,3-12,14,16-26,33H2,1-2H3,(H,42,43,44)/b15-13-,41-40?. The molecule has 0 aliphatic heterocycles. The summed E-state index contributed by atoms with van der Waals surface area (Å²) in [5.41, 5.74) is 2.44. The number of allylic oxidation sites excluding steroid dienone is 2. The number of aryl methyl sites for hydroxylation is 1. The van der Waals surface area contributed by atoms with Gasteiger partial charge in [-0.15, -0.1) is 0 Å². The van der Waals surface area contributed by atoms with Crippen LogP contribution in [0, 0.1) is 0 Å². The minimum Gasteiger partial charge on any atom is -0.494 e. The Bertz CT molecular complexity index is 1210. The third-order valence-corrected chi connectivity index (χ3v) is 9.30. The molecule has 0 spiro atoms. The summed E-state index contributed by atoms with van der Waals surface area (Å²) in [5.74, 6) is 0.879. The number of ether oxygens (including phenoxy) is 1. The van der Waals surface area contributed by atoms with Gasteiger partial charge < -0.3 is 4.74 Å². The van der Waals surface area contributed by atoms with Crippen molar-refractivity contribution in [1.29, 1.82) is 0 Å². The molecule has 6 nitrogen and oxygen atoms in total. The molecule has 0 aliphatic rings. The maximum absolute atomic E-state index is 11.3. The fourth-order valence-corrected chi connectivity index (χ4v) is 6.04. The van der Waals surface area contributed by atoms with E-state index in [-0.39, 0.29) is 4.90 Å². The highest BCUT2D eigenvalue weighted by Gasteiger charge is 2.09. The van der Waals surface area contributed by atoms with Crippen LogP contribution >= 0.6 is 0 Å². The second-order valence-corrected chi connectivity index (χ2v) is 14.0. The summed E-state index contributed by atoms with van der Waals surface area (Å²) >= 11 is 0. The summed E-state index contributed by atoms with van der Waals surface area (Å²) in [4.78, 5) is -0.158. The second kappa shape index (κ2) is 25.6. The van der Waals surface area contributed by atoms with E-state index in [4.69, 9.17) is 4.74 Å². The SMILES string of the molecule is CCCCCC/C=C\CCCCCCCc1cc(OCCCCCCCCCCCC)ccc1N=Nc1ccc(S(=O)(=O)O)cc1. The van der Waals surface area contributed by atoms with E-state index in [1.165, 1.54) is 146 Å². The summed E-state index contributed by atoms with van der Waals surface area (Å²) in [5, 5.41) is 8.84. The number of azo groups is 1. The lowest BCUT2D eigenvalue weighted by Gasteiger charge is -2.11. The van der Waals surface area contributed by atoms with Crippen LogP contribution in [0.4, 0.5) is 11.4 Å². The van der Waals surface area contributed by atoms with Crippen LogP contribution < -0.4 is 4.74 Å². The quantitative estimate of drug-likeness (QED) is 0.0428. The summed E-state index contributed by atoms with van der Waals surface area (Å²) in [7, 11) is -4.24. The average Bonchev–Trinajstić information content (AvgIpc) is 3.05. The Morgan fingerprint density at radius 3 is 1.74 bits per heavy atom. The molecule has 2 rings (SSSR count). The number of rotatable bonds is 28. The van der Waals surface area contributed by atoms with Crippen molar-refractivity contribution in [2.45, 2.75) is 160 Å². The first kappa shape index (κ1) is 39.7. The molecule has 0 saturated carbocycles. The van der Waals surface area contributed by atoms with Gasteiger partial charge in [-0.05, 0) is 93.0 Å². The highest BCUT2D eigenvalue weighted by Crippen LogP contribution is 2.29. The highest BCUT2D eigenvalue weighted by atomic mass is 32.2. The number of unbranched alkanes of at least 4 members (excludes halogenated alkanes) is 18. The smallest absolute Gasteiger partial charge is 0.294 e. The number of hydrogen-bond donors (Lipinski definition) is 1. The summed E-state index contributed by atoms with van der Waals surface area (Å²) in [6, 6.07) is 11.8. The van der Waals surface area contributed by atoms with Gasteiger partial charge in [-0.2, -0.15) is 18.6 Å². The van der Waals surface area contributed by atoms with E-state index >= 15 is 0 Å². The van der Waals surface area contributed by atoms with E-state index in [9.17, 15) is 13.0 Å². The van der Waals surface area contributed by atoms with Gasteiger partial charge in [-0.25, -0.2) is 0 Å². The minimum absolute atomic E-state index is 0.158. The van der Waals surface area contributed by atoms with Crippen molar-refractivity contribution in [3.05, 3.63) is 60.2 Å². The Hall–Kier alpha value is -2.51. The lowest BCUT2D eigenvalue weighted by atomic mass is 10.0. The first-order valence-corrected chi connectivity index (χ1v) is 19.8. The maximum Gasteiger partial charge on any atom is 0.294 e. The molecule has 0 unspecified atom stereocenters. The Morgan fingerprint density at radius 2 is 1.15 bits per heavy atom. The minimum atomic E-state index is -4.24. The summed E-state index contributed by atoms with van der Waals surface area (Å²) in [6.07, 6.45) is 32.4. The maximum atomic E-state index is 11.3. The van der Waals surface area contributed by atoms with Crippen molar-refractivity contribution in [2.75, 3.05) is 6.61 Å². The van der Waals surface area contributed by atoms with Crippen molar-refractivity contribution in [3.8, 4) is 5.75 Å². The Kier molecular flexibility index (Phi) is 22.0. The predicted molar refractivity (Wildman–Crippen MR) is 194 cm³/mol. The molecular formula is C39H62N2O4S. The number of benzene rings is 2. The van der Waals surface area contributed by atoms with Crippen molar-refractivity contribution < 1.29 is 17.7 Å². The van der Waals surface area contributed by atoms with Gasteiger partial charge in [-0.1, -0.05) is 122 Å². The van der Waals surface area contributed by atoms with Crippen LogP contribution in [0.25, 0.3) is 0 Å². The molecule has 0 aromatic heterocycles. The summed E-state index contributed by atoms with van der Waals surface area (Å²) in [6.45, 7) is 5.25. The summed E-state index contributed by atoms with van der Waals surface area (Å²) < 4.78 is 38.1. The predicted octanol–water partition coefficient (Wildman–Crippen LogP) is 13.1. The molecule has 258 valence electrons. The first-order valence-electron chi connectivity index (χ1n) is 18.3. The molecule has 0 fully saturated rings. The van der Waals surface area contributed by atoms with Gasteiger partial charge in [0.05, 0.1) is 22.9 Å². The molecule has 46 heavy (non-hydrogen) atoms. The van der Waals surface area contributed by atoms with Crippen LogP contribution in [0.2, 0.25) is 0 Å². The fourth-order valence-electron chi connectivity index (χ4n) is 5.56. The molecule has 0 radical (unpaired) electrons. The molecule has 2 aromatic carbocycles. The molecule has 7 heteroatoms. The monoisotopic (exact) mass is 654 g/mol. The zero-order valence-electron chi connectivity index (χ0n) is 28.9. The van der Waals surface area contributed by atoms with Gasteiger partial charge in [-0.3, -0.25) is 4.55 Å². The average molecular weight is 655 g/mol. The van der Waals surface area contributed by atoms with Gasteiger partial charge >= 0.3 is 0 Å². The largest absolute Gasteiger partial charge is 0.494 e. The molecule has 0 aliphatic carbocycles. The second-order valence-electron chi connectivity index (χ2n) is 12.6. The molecule has 2 aromatic rings. The van der Waals surface area contributed by atoms with E-state index in [0.29, 0.717) is 5.69 Å². The van der Waals surface area contributed by atoms with Crippen LogP contribution in [0.3, 0.4) is 0 Å². The van der Waals surface area contributed by atoms with E-state index in [0.717, 1.165) is 42.9 Å². The van der Waals surface area contributed by atoms with Crippen LogP contribution in [0.1, 0.15) is 154 Å². The topological polar surface area (TPSA) is 88.3 Å². The fraction of sp³-hybridized carbons (Fsp3) is 0.641. The van der Waals surface area contributed by atoms with Crippen LogP contribution in [-0.2, 0) is 16.5 Å². The normalized spacial score (nSPS) is 12.1. The Morgan fingerprint density at radius 1 is 0.630 bits per heavy atom. The van der Waals surface area contributed by atoms with Crippen molar-refractivity contribution in [3.63, 3.8) is 0 Å². The highest BCUT2D eigenvalue weighted by molar-refractivity contribution is 7.85. The van der Waals surface area contributed by atoms with Crippen LogP contribution in [0.5, 0.6) is 5.75 Å². The van der Waals surface area contributed by atoms with Gasteiger partial charge in [0.1, 0.15) is 5.75 Å². The molecular weight excluding hydrogens is 593 g/mol. The molecule has 1 N–H and O–H groups in total. The molecule has 0 saturated heterocycles. The van der Waals surface area contributed by atoms with Crippen molar-refractivity contribution >= 4 is 21.5 Å². The van der Waals surface area contributed by atoms with Gasteiger partial charge in [0.25, 0.3) is 10.1 Å². The van der Waals surface area contributed by atoms with E-state index in [1.54, 1.807) is 0 Å².